The van der Waals surface area contributed by atoms with E-state index >= 15 is 0 Å². The SMILES string of the molecule is Cc1cc(C2(c3ccc(C4(c5ccc(O)c(C)c5)c5ccccc5-c5ccccc54)cc3)c3ccccc3-c3ccccc32)ccc1O. The lowest BCUT2D eigenvalue weighted by atomic mass is 9.65. The van der Waals surface area contributed by atoms with Gasteiger partial charge in [0.2, 0.25) is 0 Å². The monoisotopic (exact) mass is 618 g/mol. The summed E-state index contributed by atoms with van der Waals surface area (Å²) in [5.41, 5.74) is 15.1. The summed E-state index contributed by atoms with van der Waals surface area (Å²) in [6.07, 6.45) is 0. The third-order valence-corrected chi connectivity index (χ3v) is 10.9. The van der Waals surface area contributed by atoms with Crippen LogP contribution >= 0.6 is 0 Å². The summed E-state index contributed by atoms with van der Waals surface area (Å²) in [4.78, 5) is 0. The highest BCUT2D eigenvalue weighted by Crippen LogP contribution is 2.59. The Bertz CT molecular complexity index is 2140. The molecule has 2 N–H and O–H groups in total. The molecule has 0 amide bonds. The minimum Gasteiger partial charge on any atom is -0.508 e. The molecule has 2 aliphatic carbocycles. The molecule has 0 bridgehead atoms. The normalized spacial score (nSPS) is 14.5. The molecule has 0 spiro atoms. The number of benzene rings is 7. The Kier molecular flexibility index (Phi) is 6.10. The topological polar surface area (TPSA) is 40.5 Å². The van der Waals surface area contributed by atoms with Gasteiger partial charge in [0.1, 0.15) is 11.5 Å². The average Bonchev–Trinajstić information content (AvgIpc) is 3.60. The van der Waals surface area contributed by atoms with E-state index in [9.17, 15) is 10.2 Å². The molecule has 0 radical (unpaired) electrons. The number of phenols is 2. The van der Waals surface area contributed by atoms with Crippen LogP contribution in [0, 0.1) is 13.8 Å². The Balaban J connectivity index is 1.34. The van der Waals surface area contributed by atoms with Gasteiger partial charge < -0.3 is 10.2 Å². The fourth-order valence-electron chi connectivity index (χ4n) is 8.80. The minimum absolute atomic E-state index is 0.300. The summed E-state index contributed by atoms with van der Waals surface area (Å²) in [6.45, 7) is 3.95. The molecule has 0 heterocycles. The maximum Gasteiger partial charge on any atom is 0.118 e. The molecule has 0 unspecified atom stereocenters. The fraction of sp³-hybridized carbons (Fsp3) is 0.0870. The van der Waals surface area contributed by atoms with Gasteiger partial charge in [-0.3, -0.25) is 0 Å². The largest absolute Gasteiger partial charge is 0.508 e. The molecule has 0 aromatic heterocycles. The summed E-state index contributed by atoms with van der Waals surface area (Å²) in [5.74, 6) is 0.599. The first-order valence-electron chi connectivity index (χ1n) is 16.6. The Labute approximate surface area is 281 Å². The number of rotatable bonds is 4. The van der Waals surface area contributed by atoms with Crippen molar-refractivity contribution in [1.29, 1.82) is 0 Å². The number of phenolic OH excluding ortho intramolecular Hbond substituents is 2. The zero-order valence-electron chi connectivity index (χ0n) is 26.9. The van der Waals surface area contributed by atoms with Crippen molar-refractivity contribution in [3.63, 3.8) is 0 Å². The molecule has 9 rings (SSSR count). The zero-order valence-corrected chi connectivity index (χ0v) is 26.9. The van der Waals surface area contributed by atoms with E-state index in [1.165, 1.54) is 55.6 Å². The Morgan fingerprint density at radius 3 is 0.896 bits per heavy atom. The predicted molar refractivity (Wildman–Crippen MR) is 194 cm³/mol. The van der Waals surface area contributed by atoms with E-state index in [-0.39, 0.29) is 0 Å². The molecule has 0 atom stereocenters. The molecule has 48 heavy (non-hydrogen) atoms. The van der Waals surface area contributed by atoms with E-state index < -0.39 is 10.8 Å². The van der Waals surface area contributed by atoms with Crippen LogP contribution in [0.5, 0.6) is 11.5 Å². The second-order valence-electron chi connectivity index (χ2n) is 13.3. The molecular weight excluding hydrogens is 585 g/mol. The molecule has 0 aliphatic heterocycles. The number of fused-ring (bicyclic) bond motifs is 6. The summed E-state index contributed by atoms with van der Waals surface area (Å²) < 4.78 is 0. The summed E-state index contributed by atoms with van der Waals surface area (Å²) >= 11 is 0. The Morgan fingerprint density at radius 1 is 0.333 bits per heavy atom. The van der Waals surface area contributed by atoms with E-state index in [0.29, 0.717) is 11.5 Å². The second kappa shape index (κ2) is 10.3. The number of hydrogen-bond donors (Lipinski definition) is 2. The fourth-order valence-corrected chi connectivity index (χ4v) is 8.80. The van der Waals surface area contributed by atoms with Gasteiger partial charge in [0.25, 0.3) is 0 Å². The molecule has 230 valence electrons. The molecular formula is C46H34O2. The lowest BCUT2D eigenvalue weighted by Gasteiger charge is -2.36. The van der Waals surface area contributed by atoms with Crippen molar-refractivity contribution >= 4 is 0 Å². The minimum atomic E-state index is -0.571. The summed E-state index contributed by atoms with van der Waals surface area (Å²) in [7, 11) is 0. The molecule has 2 heteroatoms. The van der Waals surface area contributed by atoms with Gasteiger partial charge in [-0.2, -0.15) is 0 Å². The van der Waals surface area contributed by atoms with Gasteiger partial charge in [0.05, 0.1) is 10.8 Å². The van der Waals surface area contributed by atoms with E-state index in [1.807, 2.05) is 26.0 Å². The molecule has 7 aromatic carbocycles. The van der Waals surface area contributed by atoms with Crippen molar-refractivity contribution in [2.75, 3.05) is 0 Å². The van der Waals surface area contributed by atoms with Crippen molar-refractivity contribution in [1.82, 2.24) is 0 Å². The lowest BCUT2D eigenvalue weighted by molar-refractivity contribution is 0.470. The molecule has 0 saturated carbocycles. The van der Waals surface area contributed by atoms with Gasteiger partial charge in [-0.25, -0.2) is 0 Å². The zero-order chi connectivity index (χ0) is 32.6. The first-order valence-corrected chi connectivity index (χ1v) is 16.6. The summed E-state index contributed by atoms with van der Waals surface area (Å²) in [6, 6.07) is 56.3. The smallest absolute Gasteiger partial charge is 0.118 e. The Hall–Kier alpha value is -5.86. The van der Waals surface area contributed by atoms with Crippen LogP contribution in [0.3, 0.4) is 0 Å². The molecule has 2 nitrogen and oxygen atoms in total. The maximum absolute atomic E-state index is 10.6. The van der Waals surface area contributed by atoms with Crippen molar-refractivity contribution in [3.8, 4) is 33.8 Å². The van der Waals surface area contributed by atoms with E-state index in [1.54, 1.807) is 0 Å². The first kappa shape index (κ1) is 28.4. The third-order valence-electron chi connectivity index (χ3n) is 10.9. The van der Waals surface area contributed by atoms with E-state index in [0.717, 1.165) is 22.3 Å². The highest BCUT2D eigenvalue weighted by molar-refractivity contribution is 5.88. The maximum atomic E-state index is 10.6. The molecule has 7 aromatic rings. The third kappa shape index (κ3) is 3.63. The van der Waals surface area contributed by atoms with Crippen LogP contribution in [0.25, 0.3) is 22.3 Å². The van der Waals surface area contributed by atoms with Gasteiger partial charge in [0.15, 0.2) is 0 Å². The average molecular weight is 619 g/mol. The number of aromatic hydroxyl groups is 2. The van der Waals surface area contributed by atoms with Crippen LogP contribution in [-0.4, -0.2) is 10.2 Å². The quantitative estimate of drug-likeness (QED) is 0.206. The number of aryl methyl sites for hydroxylation is 2. The van der Waals surface area contributed by atoms with Crippen LogP contribution in [0.2, 0.25) is 0 Å². The van der Waals surface area contributed by atoms with Gasteiger partial charge in [-0.1, -0.05) is 146 Å². The van der Waals surface area contributed by atoms with Crippen molar-refractivity contribution < 1.29 is 10.2 Å². The van der Waals surface area contributed by atoms with Crippen LogP contribution in [0.1, 0.15) is 55.6 Å². The first-order chi connectivity index (χ1) is 23.5. The van der Waals surface area contributed by atoms with E-state index in [4.69, 9.17) is 0 Å². The van der Waals surface area contributed by atoms with Crippen molar-refractivity contribution in [3.05, 3.63) is 213 Å². The van der Waals surface area contributed by atoms with Gasteiger partial charge in [0, 0.05) is 0 Å². The van der Waals surface area contributed by atoms with Crippen LogP contribution < -0.4 is 0 Å². The van der Waals surface area contributed by atoms with Gasteiger partial charge in [-0.05, 0) is 104 Å². The van der Waals surface area contributed by atoms with Gasteiger partial charge in [-0.15, -0.1) is 0 Å². The van der Waals surface area contributed by atoms with Crippen LogP contribution in [-0.2, 0) is 10.8 Å². The molecule has 0 fully saturated rings. The van der Waals surface area contributed by atoms with Crippen LogP contribution in [0.4, 0.5) is 0 Å². The Morgan fingerprint density at radius 2 is 0.604 bits per heavy atom. The van der Waals surface area contributed by atoms with Crippen molar-refractivity contribution in [2.45, 2.75) is 24.7 Å². The molecule has 0 saturated heterocycles. The van der Waals surface area contributed by atoms with E-state index in [2.05, 4.69) is 146 Å². The lowest BCUT2D eigenvalue weighted by Crippen LogP contribution is -2.30. The number of hydrogen-bond acceptors (Lipinski definition) is 2. The van der Waals surface area contributed by atoms with Gasteiger partial charge >= 0.3 is 0 Å². The highest BCUT2D eigenvalue weighted by Gasteiger charge is 2.48. The second-order valence-corrected chi connectivity index (χ2v) is 13.3. The summed E-state index contributed by atoms with van der Waals surface area (Å²) in [5, 5.41) is 21.2. The highest BCUT2D eigenvalue weighted by atomic mass is 16.3. The standard InChI is InChI=1S/C46H34O2/c1-29-27-33(23-25-43(29)47)45(39-15-7-3-11-35(39)36-12-4-8-16-40(36)45)31-19-21-32(22-20-31)46(34-24-26-44(48)30(2)28-34)41-17-9-5-13-37(41)38-14-6-10-18-42(38)46/h3-28,47-48H,1-2H3. The predicted octanol–water partition coefficient (Wildman–Crippen LogP) is 10.4. The molecule has 2 aliphatic rings. The van der Waals surface area contributed by atoms with Crippen LogP contribution in [0.15, 0.2) is 158 Å². The van der Waals surface area contributed by atoms with Crippen molar-refractivity contribution in [2.24, 2.45) is 0 Å².